The van der Waals surface area contributed by atoms with Gasteiger partial charge < -0.3 is 4.90 Å². The Morgan fingerprint density at radius 2 is 2.23 bits per heavy atom. The zero-order chi connectivity index (χ0) is 9.68. The first kappa shape index (κ1) is 9.38. The van der Waals surface area contributed by atoms with E-state index < -0.39 is 0 Å². The van der Waals surface area contributed by atoms with Crippen molar-refractivity contribution in [1.82, 2.24) is 14.9 Å². The summed E-state index contributed by atoms with van der Waals surface area (Å²) in [7, 11) is 3.69. The molecule has 68 valence electrons. The van der Waals surface area contributed by atoms with Gasteiger partial charge in [0.1, 0.15) is 0 Å². The number of carbonyl (C=O) groups is 1. The topological polar surface area (TPSA) is 46.1 Å². The molecule has 1 rings (SSSR count). The predicted molar refractivity (Wildman–Crippen MR) is 49.8 cm³/mol. The van der Waals surface area contributed by atoms with Gasteiger partial charge in [-0.2, -0.15) is 0 Å². The van der Waals surface area contributed by atoms with Gasteiger partial charge >= 0.3 is 0 Å². The number of hydrogen-bond donors (Lipinski definition) is 0. The highest BCUT2D eigenvalue weighted by Crippen LogP contribution is 2.06. The van der Waals surface area contributed by atoms with Crippen LogP contribution in [0.4, 0.5) is 0 Å². The molecule has 0 saturated heterocycles. The third-order valence-corrected chi connectivity index (χ3v) is 1.38. The molecule has 13 heavy (non-hydrogen) atoms. The number of nitrogens with zero attached hydrogens (tertiary/aromatic N) is 3. The molecule has 0 saturated carbocycles. The van der Waals surface area contributed by atoms with E-state index in [1.54, 1.807) is 29.7 Å². The van der Waals surface area contributed by atoms with Gasteiger partial charge in [-0.25, -0.2) is 0 Å². The Morgan fingerprint density at radius 1 is 1.46 bits per heavy atom. The standard InChI is InChI=1S/C9H11N3O/c1-12(2)6-8(7-13)9-5-10-3-4-11-9/h3-7H,1-2H3/b8-6+. The van der Waals surface area contributed by atoms with Gasteiger partial charge in [0.2, 0.25) is 0 Å². The van der Waals surface area contributed by atoms with Crippen molar-refractivity contribution < 1.29 is 4.79 Å². The third kappa shape index (κ3) is 2.66. The molecule has 0 spiro atoms. The van der Waals surface area contributed by atoms with E-state index in [1.165, 1.54) is 0 Å². The molecule has 0 aliphatic heterocycles. The monoisotopic (exact) mass is 177 g/mol. The molecule has 0 unspecified atom stereocenters. The zero-order valence-corrected chi connectivity index (χ0v) is 7.64. The molecule has 0 aliphatic carbocycles. The Labute approximate surface area is 76.9 Å². The highest BCUT2D eigenvalue weighted by atomic mass is 16.1. The van der Waals surface area contributed by atoms with Crippen LogP contribution in [0.15, 0.2) is 24.8 Å². The molecule has 0 atom stereocenters. The van der Waals surface area contributed by atoms with Crippen molar-refractivity contribution in [2.24, 2.45) is 0 Å². The molecule has 4 heteroatoms. The zero-order valence-electron chi connectivity index (χ0n) is 7.64. The molecule has 0 amide bonds. The van der Waals surface area contributed by atoms with Crippen molar-refractivity contribution in [2.75, 3.05) is 14.1 Å². The average Bonchev–Trinajstić information content (AvgIpc) is 2.15. The summed E-state index contributed by atoms with van der Waals surface area (Å²) in [6.45, 7) is 0. The number of rotatable bonds is 3. The lowest BCUT2D eigenvalue weighted by molar-refractivity contribution is -0.103. The first-order valence-electron chi connectivity index (χ1n) is 3.84. The number of hydrogen-bond acceptors (Lipinski definition) is 4. The van der Waals surface area contributed by atoms with E-state index in [1.807, 2.05) is 14.1 Å². The van der Waals surface area contributed by atoms with Gasteiger partial charge in [-0.1, -0.05) is 0 Å². The fourth-order valence-corrected chi connectivity index (χ4v) is 0.883. The van der Waals surface area contributed by atoms with E-state index in [0.29, 0.717) is 11.3 Å². The van der Waals surface area contributed by atoms with Crippen LogP contribution in [-0.2, 0) is 4.79 Å². The van der Waals surface area contributed by atoms with Crippen LogP contribution >= 0.6 is 0 Å². The number of allylic oxidation sites excluding steroid dienone is 1. The maximum atomic E-state index is 10.7. The number of aromatic nitrogens is 2. The van der Waals surface area contributed by atoms with Gasteiger partial charge in [0.25, 0.3) is 0 Å². The van der Waals surface area contributed by atoms with Crippen LogP contribution in [0.1, 0.15) is 5.69 Å². The minimum absolute atomic E-state index is 0.526. The van der Waals surface area contributed by atoms with Gasteiger partial charge in [0.15, 0.2) is 6.29 Å². The fourth-order valence-electron chi connectivity index (χ4n) is 0.883. The van der Waals surface area contributed by atoms with Crippen molar-refractivity contribution in [3.8, 4) is 0 Å². The summed E-state index contributed by atoms with van der Waals surface area (Å²) in [5, 5.41) is 0. The lowest BCUT2D eigenvalue weighted by Crippen LogP contribution is -2.04. The Bertz CT molecular complexity index is 306. The predicted octanol–water partition coefficient (Wildman–Crippen LogP) is 0.578. The fraction of sp³-hybridized carbons (Fsp3) is 0.222. The Hall–Kier alpha value is -1.71. The molecule has 0 bridgehead atoms. The first-order chi connectivity index (χ1) is 6.24. The summed E-state index contributed by atoms with van der Waals surface area (Å²) in [5.74, 6) is 0. The second-order valence-electron chi connectivity index (χ2n) is 2.76. The Kier molecular flexibility index (Phi) is 3.14. The Morgan fingerprint density at radius 3 is 2.69 bits per heavy atom. The lowest BCUT2D eigenvalue weighted by atomic mass is 10.2. The van der Waals surface area contributed by atoms with Gasteiger partial charge in [-0.3, -0.25) is 14.8 Å². The number of carbonyl (C=O) groups excluding carboxylic acids is 1. The second-order valence-corrected chi connectivity index (χ2v) is 2.76. The van der Waals surface area contributed by atoms with E-state index in [0.717, 1.165) is 6.29 Å². The van der Waals surface area contributed by atoms with Crippen LogP contribution in [0.5, 0.6) is 0 Å². The summed E-state index contributed by atoms with van der Waals surface area (Å²) >= 11 is 0. The number of aldehydes is 1. The normalized spacial score (nSPS) is 11.1. The highest BCUT2D eigenvalue weighted by molar-refractivity contribution is 6.05. The molecular formula is C9H11N3O. The van der Waals surface area contributed by atoms with Crippen molar-refractivity contribution >= 4 is 11.9 Å². The quantitative estimate of drug-likeness (QED) is 0.500. The molecule has 0 aromatic carbocycles. The summed E-state index contributed by atoms with van der Waals surface area (Å²) < 4.78 is 0. The van der Waals surface area contributed by atoms with Gasteiger partial charge in [0.05, 0.1) is 17.5 Å². The average molecular weight is 177 g/mol. The van der Waals surface area contributed by atoms with Crippen LogP contribution in [0, 0.1) is 0 Å². The van der Waals surface area contributed by atoms with Crippen LogP contribution in [0.3, 0.4) is 0 Å². The summed E-state index contributed by atoms with van der Waals surface area (Å²) in [5.41, 5.74) is 1.12. The van der Waals surface area contributed by atoms with Crippen LogP contribution in [-0.4, -0.2) is 35.2 Å². The molecule has 1 aromatic rings. The van der Waals surface area contributed by atoms with E-state index >= 15 is 0 Å². The molecule has 0 N–H and O–H groups in total. The van der Waals surface area contributed by atoms with Crippen LogP contribution in [0.2, 0.25) is 0 Å². The van der Waals surface area contributed by atoms with E-state index in [9.17, 15) is 4.79 Å². The smallest absolute Gasteiger partial charge is 0.153 e. The molecule has 0 radical (unpaired) electrons. The SMILES string of the molecule is CN(C)/C=C(\C=O)c1cnccn1. The van der Waals surface area contributed by atoms with Crippen molar-refractivity contribution in [1.29, 1.82) is 0 Å². The lowest BCUT2D eigenvalue weighted by Gasteiger charge is -2.05. The van der Waals surface area contributed by atoms with E-state index in [2.05, 4.69) is 9.97 Å². The molecule has 1 aromatic heterocycles. The van der Waals surface area contributed by atoms with Crippen molar-refractivity contribution in [2.45, 2.75) is 0 Å². The largest absolute Gasteiger partial charge is 0.383 e. The molecule has 1 heterocycles. The van der Waals surface area contributed by atoms with Gasteiger partial charge in [-0.15, -0.1) is 0 Å². The van der Waals surface area contributed by atoms with Crippen molar-refractivity contribution in [3.05, 3.63) is 30.5 Å². The molecule has 4 nitrogen and oxygen atoms in total. The maximum Gasteiger partial charge on any atom is 0.153 e. The second kappa shape index (κ2) is 4.35. The molecule has 0 fully saturated rings. The Balaban J connectivity index is 2.98. The third-order valence-electron chi connectivity index (χ3n) is 1.38. The highest BCUT2D eigenvalue weighted by Gasteiger charge is 2.00. The van der Waals surface area contributed by atoms with Crippen LogP contribution < -0.4 is 0 Å². The van der Waals surface area contributed by atoms with E-state index in [4.69, 9.17) is 0 Å². The summed E-state index contributed by atoms with van der Waals surface area (Å²) in [6, 6.07) is 0. The van der Waals surface area contributed by atoms with Gasteiger partial charge in [0, 0.05) is 32.7 Å². The first-order valence-corrected chi connectivity index (χ1v) is 3.84. The minimum atomic E-state index is 0.526. The molecule has 0 aliphatic rings. The maximum absolute atomic E-state index is 10.7. The summed E-state index contributed by atoms with van der Waals surface area (Å²) in [6.07, 6.45) is 7.16. The summed E-state index contributed by atoms with van der Waals surface area (Å²) in [4.78, 5) is 20.4. The van der Waals surface area contributed by atoms with E-state index in [-0.39, 0.29) is 0 Å². The molecular weight excluding hydrogens is 166 g/mol. The van der Waals surface area contributed by atoms with Crippen LogP contribution in [0.25, 0.3) is 5.57 Å². The van der Waals surface area contributed by atoms with Gasteiger partial charge in [-0.05, 0) is 0 Å². The minimum Gasteiger partial charge on any atom is -0.383 e. The van der Waals surface area contributed by atoms with Crippen molar-refractivity contribution in [3.63, 3.8) is 0 Å².